The van der Waals surface area contributed by atoms with E-state index < -0.39 is 0 Å². The largest absolute Gasteiger partial charge is 0.364 e. The van der Waals surface area contributed by atoms with Crippen LogP contribution >= 0.6 is 0 Å². The Morgan fingerprint density at radius 2 is 1.71 bits per heavy atom. The highest BCUT2D eigenvalue weighted by molar-refractivity contribution is 6.07. The average molecular weight is 327 g/mol. The Balaban J connectivity index is 1.81. The Labute approximate surface area is 143 Å². The number of carbonyl (C=O) groups excluding carboxylic acids is 2. The van der Waals surface area contributed by atoms with Crippen molar-refractivity contribution >= 4 is 17.5 Å². The lowest BCUT2D eigenvalue weighted by atomic mass is 9.74. The molecule has 5 heteroatoms. The zero-order valence-electron chi connectivity index (χ0n) is 14.7. The summed E-state index contributed by atoms with van der Waals surface area (Å²) in [6.45, 7) is 4.71. The van der Waals surface area contributed by atoms with Crippen LogP contribution in [0.2, 0.25) is 0 Å². The molecule has 2 atom stereocenters. The Hall–Kier alpha value is -1.88. The first-order chi connectivity index (χ1) is 11.5. The van der Waals surface area contributed by atoms with Crippen LogP contribution in [0.3, 0.4) is 0 Å². The number of fused-ring (bicyclic) bond motifs is 2. The molecule has 0 aliphatic carbocycles. The van der Waals surface area contributed by atoms with Gasteiger partial charge in [0, 0.05) is 32.4 Å². The maximum absolute atomic E-state index is 12.9. The van der Waals surface area contributed by atoms with E-state index in [2.05, 4.69) is 42.0 Å². The van der Waals surface area contributed by atoms with E-state index in [1.54, 1.807) is 7.05 Å². The van der Waals surface area contributed by atoms with Gasteiger partial charge in [-0.15, -0.1) is 0 Å². The molecule has 0 N–H and O–H groups in total. The molecule has 1 spiro atoms. The molecule has 1 aromatic carbocycles. The van der Waals surface area contributed by atoms with Crippen molar-refractivity contribution in [2.45, 2.75) is 25.3 Å². The predicted molar refractivity (Wildman–Crippen MR) is 92.7 cm³/mol. The highest BCUT2D eigenvalue weighted by Crippen LogP contribution is 2.51. The van der Waals surface area contributed by atoms with Gasteiger partial charge in [-0.3, -0.25) is 14.5 Å². The SMILES string of the molecule is Cc1ccccc1N1CC2C(=O)N(C)C(=O)C2C12CCN(C)CC2. The van der Waals surface area contributed by atoms with Gasteiger partial charge in [-0.25, -0.2) is 0 Å². The lowest BCUT2D eigenvalue weighted by Gasteiger charge is -2.48. The molecule has 128 valence electrons. The minimum atomic E-state index is -0.221. The van der Waals surface area contributed by atoms with Crippen LogP contribution in [0.5, 0.6) is 0 Å². The summed E-state index contributed by atoms with van der Waals surface area (Å²) in [5, 5.41) is 0. The summed E-state index contributed by atoms with van der Waals surface area (Å²) in [5.41, 5.74) is 2.17. The Morgan fingerprint density at radius 1 is 1.04 bits per heavy atom. The van der Waals surface area contributed by atoms with E-state index >= 15 is 0 Å². The zero-order valence-corrected chi connectivity index (χ0v) is 14.7. The van der Waals surface area contributed by atoms with E-state index in [-0.39, 0.29) is 29.2 Å². The predicted octanol–water partition coefficient (Wildman–Crippen LogP) is 1.51. The van der Waals surface area contributed by atoms with Crippen molar-refractivity contribution in [3.63, 3.8) is 0 Å². The second-order valence-corrected chi connectivity index (χ2v) is 7.62. The van der Waals surface area contributed by atoms with Gasteiger partial charge in [0.2, 0.25) is 11.8 Å². The molecule has 3 fully saturated rings. The summed E-state index contributed by atoms with van der Waals surface area (Å²) in [6, 6.07) is 8.34. The number of carbonyl (C=O) groups is 2. The number of likely N-dealkylation sites (tertiary alicyclic amines) is 2. The smallest absolute Gasteiger partial charge is 0.235 e. The summed E-state index contributed by atoms with van der Waals surface area (Å²) in [5.74, 6) is -0.362. The third-order valence-electron chi connectivity index (χ3n) is 6.40. The van der Waals surface area contributed by atoms with Crippen molar-refractivity contribution in [1.82, 2.24) is 9.80 Å². The van der Waals surface area contributed by atoms with Crippen LogP contribution in [0, 0.1) is 18.8 Å². The van der Waals surface area contributed by atoms with Crippen LogP contribution in [0.1, 0.15) is 18.4 Å². The van der Waals surface area contributed by atoms with E-state index in [9.17, 15) is 9.59 Å². The average Bonchev–Trinajstić information content (AvgIpc) is 3.00. The highest BCUT2D eigenvalue weighted by Gasteiger charge is 2.64. The number of piperidine rings is 1. The van der Waals surface area contributed by atoms with E-state index in [0.717, 1.165) is 25.9 Å². The summed E-state index contributed by atoms with van der Waals surface area (Å²) in [6.07, 6.45) is 1.87. The summed E-state index contributed by atoms with van der Waals surface area (Å²) in [7, 11) is 3.77. The van der Waals surface area contributed by atoms with E-state index in [1.807, 2.05) is 6.07 Å². The normalized spacial score (nSPS) is 29.6. The molecule has 0 aromatic heterocycles. The topological polar surface area (TPSA) is 43.9 Å². The van der Waals surface area contributed by atoms with Crippen LogP contribution in [0.15, 0.2) is 24.3 Å². The van der Waals surface area contributed by atoms with Crippen molar-refractivity contribution in [2.24, 2.45) is 11.8 Å². The van der Waals surface area contributed by atoms with Crippen molar-refractivity contribution < 1.29 is 9.59 Å². The fraction of sp³-hybridized carbons (Fsp3) is 0.579. The monoisotopic (exact) mass is 327 g/mol. The second kappa shape index (κ2) is 5.31. The first-order valence-corrected chi connectivity index (χ1v) is 8.79. The zero-order chi connectivity index (χ0) is 17.1. The third kappa shape index (κ3) is 1.97. The number of hydrogen-bond acceptors (Lipinski definition) is 4. The van der Waals surface area contributed by atoms with Crippen molar-refractivity contribution in [3.05, 3.63) is 29.8 Å². The molecule has 24 heavy (non-hydrogen) atoms. The number of amides is 2. The number of nitrogens with zero attached hydrogens (tertiary/aromatic N) is 3. The number of rotatable bonds is 1. The fourth-order valence-electron chi connectivity index (χ4n) is 5.01. The molecule has 0 saturated carbocycles. The van der Waals surface area contributed by atoms with Gasteiger partial charge in [0.05, 0.1) is 17.4 Å². The lowest BCUT2D eigenvalue weighted by molar-refractivity contribution is -0.139. The maximum atomic E-state index is 12.9. The molecular weight excluding hydrogens is 302 g/mol. The standard InChI is InChI=1S/C19H25N3O2/c1-13-6-4-5-7-15(13)22-12-14-16(18(24)21(3)17(14)23)19(22)8-10-20(2)11-9-19/h4-7,14,16H,8-12H2,1-3H3. The van der Waals surface area contributed by atoms with Gasteiger partial charge >= 0.3 is 0 Å². The van der Waals surface area contributed by atoms with Gasteiger partial charge in [0.25, 0.3) is 0 Å². The summed E-state index contributed by atoms with van der Waals surface area (Å²) in [4.78, 5) is 31.6. The third-order valence-corrected chi connectivity index (χ3v) is 6.40. The molecule has 3 saturated heterocycles. The first kappa shape index (κ1) is 15.6. The van der Waals surface area contributed by atoms with Crippen molar-refractivity contribution in [2.75, 3.05) is 38.6 Å². The molecule has 2 unspecified atom stereocenters. The molecular formula is C19H25N3O2. The fourth-order valence-corrected chi connectivity index (χ4v) is 5.01. The minimum Gasteiger partial charge on any atom is -0.364 e. The van der Waals surface area contributed by atoms with Gasteiger partial charge in [-0.1, -0.05) is 18.2 Å². The van der Waals surface area contributed by atoms with Crippen molar-refractivity contribution in [3.8, 4) is 0 Å². The molecule has 5 nitrogen and oxygen atoms in total. The van der Waals surface area contributed by atoms with E-state index in [4.69, 9.17) is 0 Å². The second-order valence-electron chi connectivity index (χ2n) is 7.62. The number of anilines is 1. The number of para-hydroxylation sites is 1. The number of aryl methyl sites for hydroxylation is 1. The Kier molecular flexibility index (Phi) is 3.46. The molecule has 1 aromatic rings. The quantitative estimate of drug-likeness (QED) is 0.734. The van der Waals surface area contributed by atoms with Gasteiger partial charge < -0.3 is 9.80 Å². The molecule has 0 bridgehead atoms. The summed E-state index contributed by atoms with van der Waals surface area (Å²) < 4.78 is 0. The van der Waals surface area contributed by atoms with Gasteiger partial charge in [-0.2, -0.15) is 0 Å². The minimum absolute atomic E-state index is 0.000567. The van der Waals surface area contributed by atoms with Crippen LogP contribution in [0.4, 0.5) is 5.69 Å². The first-order valence-electron chi connectivity index (χ1n) is 8.79. The number of benzene rings is 1. The summed E-state index contributed by atoms with van der Waals surface area (Å²) >= 11 is 0. The molecule has 3 aliphatic rings. The maximum Gasteiger partial charge on any atom is 0.235 e. The molecule has 2 amide bonds. The van der Waals surface area contributed by atoms with Gasteiger partial charge in [0.1, 0.15) is 0 Å². The molecule has 3 aliphatic heterocycles. The Bertz CT molecular complexity index is 694. The Morgan fingerprint density at radius 3 is 2.38 bits per heavy atom. The molecule has 3 heterocycles. The van der Waals surface area contributed by atoms with Gasteiger partial charge in [0.15, 0.2) is 0 Å². The lowest BCUT2D eigenvalue weighted by Crippen LogP contribution is -2.57. The van der Waals surface area contributed by atoms with Crippen LogP contribution in [-0.4, -0.2) is 60.9 Å². The molecule has 4 rings (SSSR count). The molecule has 0 radical (unpaired) electrons. The van der Waals surface area contributed by atoms with Gasteiger partial charge in [-0.05, 0) is 38.4 Å². The van der Waals surface area contributed by atoms with E-state index in [1.165, 1.54) is 16.2 Å². The van der Waals surface area contributed by atoms with Crippen LogP contribution < -0.4 is 4.90 Å². The van der Waals surface area contributed by atoms with E-state index in [0.29, 0.717) is 6.54 Å². The highest BCUT2D eigenvalue weighted by atomic mass is 16.2. The van der Waals surface area contributed by atoms with Crippen LogP contribution in [0.25, 0.3) is 0 Å². The number of hydrogen-bond donors (Lipinski definition) is 0. The van der Waals surface area contributed by atoms with Crippen molar-refractivity contribution in [1.29, 1.82) is 0 Å². The van der Waals surface area contributed by atoms with Crippen LogP contribution in [-0.2, 0) is 9.59 Å². The number of imide groups is 1.